The van der Waals surface area contributed by atoms with Crippen LogP contribution < -0.4 is 5.76 Å². The molecule has 2 aromatic carbocycles. The van der Waals surface area contributed by atoms with Crippen LogP contribution >= 0.6 is 0 Å². The second-order valence-corrected chi connectivity index (χ2v) is 6.29. The Labute approximate surface area is 167 Å². The topological polar surface area (TPSA) is 144 Å². The molecule has 0 fully saturated rings. The van der Waals surface area contributed by atoms with E-state index in [1.54, 1.807) is 24.3 Å². The lowest BCUT2D eigenvalue weighted by Crippen LogP contribution is -2.26. The summed E-state index contributed by atoms with van der Waals surface area (Å²) >= 11 is 0. The van der Waals surface area contributed by atoms with E-state index in [0.29, 0.717) is 16.7 Å². The summed E-state index contributed by atoms with van der Waals surface area (Å²) in [6.45, 7) is 1.22. The number of ether oxygens (including phenoxy) is 1. The third-order valence-corrected chi connectivity index (χ3v) is 4.38. The normalized spacial score (nSPS) is 12.0. The molecule has 11 heteroatoms. The predicted octanol–water partition coefficient (Wildman–Crippen LogP) is 2.86. The summed E-state index contributed by atoms with van der Waals surface area (Å²) in [6, 6.07) is 11.4. The minimum Gasteiger partial charge on any atom is -0.454 e. The molecule has 2 aromatic heterocycles. The summed E-state index contributed by atoms with van der Waals surface area (Å²) in [5, 5.41) is 18.4. The quantitative estimate of drug-likeness (QED) is 0.266. The minimum atomic E-state index is -0.932. The van der Waals surface area contributed by atoms with Crippen LogP contribution in [0.4, 0.5) is 5.69 Å². The molecule has 0 aliphatic carbocycles. The minimum absolute atomic E-state index is 0.0355. The maximum atomic E-state index is 12.4. The molecule has 0 aliphatic rings. The molecule has 4 rings (SSSR count). The van der Waals surface area contributed by atoms with E-state index in [-0.39, 0.29) is 24.1 Å². The molecule has 0 bridgehead atoms. The summed E-state index contributed by atoms with van der Waals surface area (Å²) in [5.41, 5.74) is 1.26. The van der Waals surface area contributed by atoms with Crippen LogP contribution in [0.1, 0.15) is 18.9 Å². The number of carbonyl (C=O) groups excluding carboxylic acids is 1. The van der Waals surface area contributed by atoms with E-state index >= 15 is 0 Å². The summed E-state index contributed by atoms with van der Waals surface area (Å²) in [6.07, 6.45) is 0. The number of nitro groups is 1. The molecule has 0 radical (unpaired) electrons. The molecule has 0 aliphatic heterocycles. The van der Waals surface area contributed by atoms with E-state index in [1.165, 1.54) is 35.8 Å². The first-order chi connectivity index (χ1) is 14.4. The summed E-state index contributed by atoms with van der Waals surface area (Å²) in [4.78, 5) is 34.7. The largest absolute Gasteiger partial charge is 0.454 e. The fourth-order valence-electron chi connectivity index (χ4n) is 2.86. The number of non-ortho nitro benzene ring substituents is 1. The van der Waals surface area contributed by atoms with Crippen LogP contribution in [0.3, 0.4) is 0 Å². The van der Waals surface area contributed by atoms with Crippen LogP contribution in [-0.4, -0.2) is 25.7 Å². The lowest BCUT2D eigenvalue weighted by Gasteiger charge is -2.11. The number of nitrogens with zero attached hydrogens (tertiary/aromatic N) is 4. The van der Waals surface area contributed by atoms with Crippen LogP contribution in [-0.2, 0) is 16.1 Å². The molecule has 30 heavy (non-hydrogen) atoms. The zero-order valence-corrected chi connectivity index (χ0v) is 15.5. The zero-order valence-electron chi connectivity index (χ0n) is 15.5. The molecule has 152 valence electrons. The van der Waals surface area contributed by atoms with Gasteiger partial charge in [-0.05, 0) is 31.2 Å². The number of esters is 1. The molecule has 11 nitrogen and oxygen atoms in total. The van der Waals surface area contributed by atoms with E-state index in [9.17, 15) is 19.7 Å². The molecule has 1 atom stereocenters. The first kappa shape index (κ1) is 19.1. The molecule has 0 N–H and O–H groups in total. The predicted molar refractivity (Wildman–Crippen MR) is 101 cm³/mol. The van der Waals surface area contributed by atoms with Crippen molar-refractivity contribution in [3.8, 4) is 11.5 Å². The molecular weight excluding hydrogens is 396 g/mol. The third-order valence-electron chi connectivity index (χ3n) is 4.38. The standard InChI is InChI=1S/C19H14N4O7/c1-11(22-14-4-2-3-5-15(14)29-19(22)25)18(24)28-10-16-20-21-17(30-16)12-6-8-13(9-7-12)23(26)27/h2-9,11H,10H2,1H3. The van der Waals surface area contributed by atoms with Crippen LogP contribution in [0, 0.1) is 10.1 Å². The maximum Gasteiger partial charge on any atom is 0.420 e. The van der Waals surface area contributed by atoms with Gasteiger partial charge >= 0.3 is 11.7 Å². The number of para-hydroxylation sites is 2. The maximum absolute atomic E-state index is 12.4. The van der Waals surface area contributed by atoms with Crippen molar-refractivity contribution in [3.63, 3.8) is 0 Å². The van der Waals surface area contributed by atoms with Crippen molar-refractivity contribution in [1.82, 2.24) is 14.8 Å². The Balaban J connectivity index is 1.45. The van der Waals surface area contributed by atoms with Gasteiger partial charge in [0.2, 0.25) is 5.89 Å². The molecule has 1 unspecified atom stereocenters. The molecule has 0 amide bonds. The number of hydrogen-bond acceptors (Lipinski definition) is 9. The van der Waals surface area contributed by atoms with E-state index in [1.807, 2.05) is 0 Å². The van der Waals surface area contributed by atoms with Gasteiger partial charge in [-0.15, -0.1) is 10.2 Å². The molecule has 2 heterocycles. The van der Waals surface area contributed by atoms with Gasteiger partial charge < -0.3 is 13.6 Å². The number of oxazole rings is 1. The first-order valence-electron chi connectivity index (χ1n) is 8.78. The lowest BCUT2D eigenvalue weighted by molar-refractivity contribution is -0.384. The second kappa shape index (κ2) is 7.62. The van der Waals surface area contributed by atoms with Gasteiger partial charge in [-0.25, -0.2) is 9.59 Å². The highest BCUT2D eigenvalue weighted by Gasteiger charge is 2.23. The Kier molecular flexibility index (Phi) is 4.84. The number of carbonyl (C=O) groups is 1. The van der Waals surface area contributed by atoms with Gasteiger partial charge in [-0.1, -0.05) is 12.1 Å². The number of hydrogen-bond donors (Lipinski definition) is 0. The van der Waals surface area contributed by atoms with Gasteiger partial charge in [0.05, 0.1) is 10.4 Å². The van der Waals surface area contributed by atoms with Crippen molar-refractivity contribution in [2.24, 2.45) is 0 Å². The highest BCUT2D eigenvalue weighted by Crippen LogP contribution is 2.22. The Morgan fingerprint density at radius 1 is 1.17 bits per heavy atom. The van der Waals surface area contributed by atoms with Crippen molar-refractivity contribution in [3.05, 3.63) is 75.1 Å². The van der Waals surface area contributed by atoms with Gasteiger partial charge in [-0.3, -0.25) is 14.7 Å². The van der Waals surface area contributed by atoms with Crippen LogP contribution in [0.5, 0.6) is 0 Å². The van der Waals surface area contributed by atoms with Gasteiger partial charge in [0, 0.05) is 17.7 Å². The lowest BCUT2D eigenvalue weighted by atomic mass is 10.2. The summed E-state index contributed by atoms with van der Waals surface area (Å²) in [5.74, 6) is -1.19. The SMILES string of the molecule is CC(C(=O)OCc1nnc(-c2ccc([N+](=O)[O-])cc2)o1)n1c(=O)oc2ccccc21. The van der Waals surface area contributed by atoms with Gasteiger partial charge in [0.15, 0.2) is 12.2 Å². The van der Waals surface area contributed by atoms with E-state index in [2.05, 4.69) is 10.2 Å². The molecule has 4 aromatic rings. The Morgan fingerprint density at radius 2 is 1.90 bits per heavy atom. The van der Waals surface area contributed by atoms with Crippen molar-refractivity contribution in [2.75, 3.05) is 0 Å². The fraction of sp³-hybridized carbons (Fsp3) is 0.158. The highest BCUT2D eigenvalue weighted by atomic mass is 16.6. The van der Waals surface area contributed by atoms with Crippen molar-refractivity contribution < 1.29 is 23.3 Å². The van der Waals surface area contributed by atoms with Crippen molar-refractivity contribution in [1.29, 1.82) is 0 Å². The summed E-state index contributed by atoms with van der Waals surface area (Å²) in [7, 11) is 0. The van der Waals surface area contributed by atoms with E-state index in [0.717, 1.165) is 0 Å². The number of benzene rings is 2. The zero-order chi connectivity index (χ0) is 21.3. The Hall–Kier alpha value is -4.28. The Bertz CT molecular complexity index is 1290. The number of rotatable bonds is 6. The molecule has 0 spiro atoms. The molecule has 0 saturated carbocycles. The average molecular weight is 410 g/mol. The van der Waals surface area contributed by atoms with Crippen LogP contribution in [0.25, 0.3) is 22.6 Å². The number of aromatic nitrogens is 3. The van der Waals surface area contributed by atoms with E-state index < -0.39 is 22.7 Å². The Morgan fingerprint density at radius 3 is 2.63 bits per heavy atom. The first-order valence-corrected chi connectivity index (χ1v) is 8.78. The third kappa shape index (κ3) is 3.55. The highest BCUT2D eigenvalue weighted by molar-refractivity contribution is 5.79. The van der Waals surface area contributed by atoms with Crippen molar-refractivity contribution >= 4 is 22.8 Å². The second-order valence-electron chi connectivity index (χ2n) is 6.29. The van der Waals surface area contributed by atoms with Gasteiger partial charge in [0.25, 0.3) is 11.6 Å². The summed E-state index contributed by atoms with van der Waals surface area (Å²) < 4.78 is 16.9. The smallest absolute Gasteiger partial charge is 0.420 e. The fourth-order valence-corrected chi connectivity index (χ4v) is 2.86. The number of fused-ring (bicyclic) bond motifs is 1. The monoisotopic (exact) mass is 410 g/mol. The number of nitro benzene ring substituents is 1. The van der Waals surface area contributed by atoms with Crippen LogP contribution in [0.2, 0.25) is 0 Å². The molecule has 0 saturated heterocycles. The van der Waals surface area contributed by atoms with Gasteiger partial charge in [0.1, 0.15) is 6.04 Å². The van der Waals surface area contributed by atoms with E-state index in [4.69, 9.17) is 13.6 Å². The average Bonchev–Trinajstić information content (AvgIpc) is 3.35. The van der Waals surface area contributed by atoms with Gasteiger partial charge in [-0.2, -0.15) is 0 Å². The van der Waals surface area contributed by atoms with Crippen LogP contribution in [0.15, 0.2) is 62.2 Å². The molecular formula is C19H14N4O7. The van der Waals surface area contributed by atoms with Crippen molar-refractivity contribution in [2.45, 2.75) is 19.6 Å².